The number of nitrogens with one attached hydrogen (secondary N) is 3. The van der Waals surface area contributed by atoms with E-state index in [2.05, 4.69) is 46.4 Å². The minimum absolute atomic E-state index is 0. The van der Waals surface area contributed by atoms with E-state index < -0.39 is 5.97 Å². The maximum Gasteiger partial charge on any atom is 0.332 e. The molecule has 0 heterocycles. The molecule has 0 aliphatic heterocycles. The largest absolute Gasteiger partial charge is 0.355 e. The Morgan fingerprint density at radius 1 is 0.778 bits per heavy atom. The van der Waals surface area contributed by atoms with Crippen LogP contribution < -0.4 is 21.8 Å². The molecule has 0 saturated heterocycles. The van der Waals surface area contributed by atoms with Gasteiger partial charge < -0.3 is 21.2 Å². The Labute approximate surface area is 225 Å². The van der Waals surface area contributed by atoms with Crippen LogP contribution in [0.4, 0.5) is 0 Å². The highest BCUT2D eigenvalue weighted by atomic mass is 35.5. The van der Waals surface area contributed by atoms with Crippen LogP contribution in [0, 0.1) is 0 Å². The highest BCUT2D eigenvalue weighted by molar-refractivity contribution is 5.85. The summed E-state index contributed by atoms with van der Waals surface area (Å²) in [6, 6.07) is 18.4. The fourth-order valence-corrected chi connectivity index (χ4v) is 3.41. The lowest BCUT2D eigenvalue weighted by molar-refractivity contribution is -0.158. The van der Waals surface area contributed by atoms with E-state index in [9.17, 15) is 14.4 Å². The normalized spacial score (nSPS) is 9.92. The van der Waals surface area contributed by atoms with E-state index in [0.29, 0.717) is 26.1 Å². The fraction of sp³-hybridized carbons (Fsp3) is 0.423. The van der Waals surface area contributed by atoms with Gasteiger partial charge in [0, 0.05) is 26.1 Å². The van der Waals surface area contributed by atoms with Crippen LogP contribution in [0.3, 0.4) is 0 Å². The van der Waals surface area contributed by atoms with Gasteiger partial charge in [0.2, 0.25) is 5.91 Å². The van der Waals surface area contributed by atoms with Crippen molar-refractivity contribution in [1.29, 1.82) is 0 Å². The third-order valence-electron chi connectivity index (χ3n) is 5.15. The summed E-state index contributed by atoms with van der Waals surface area (Å²) in [5.74, 6) is -1.08. The third kappa shape index (κ3) is 15.4. The zero-order valence-electron chi connectivity index (χ0n) is 20.5. The topological polar surface area (TPSA) is 123 Å². The number of carbonyl (C=O) groups excluding carboxylic acids is 3. The smallest absolute Gasteiger partial charge is 0.332 e. The molecule has 5 N–H and O–H groups in total. The van der Waals surface area contributed by atoms with Crippen LogP contribution in [0.15, 0.2) is 54.6 Å². The van der Waals surface area contributed by atoms with E-state index in [1.54, 1.807) is 0 Å². The first-order valence-corrected chi connectivity index (χ1v) is 11.8. The molecule has 10 heteroatoms. The molecule has 0 spiro atoms. The molecule has 0 aliphatic carbocycles. The quantitative estimate of drug-likeness (QED) is 0.203. The highest BCUT2D eigenvalue weighted by Gasteiger charge is 2.09. The summed E-state index contributed by atoms with van der Waals surface area (Å²) < 4.78 is 0. The maximum atomic E-state index is 12.1. The first-order chi connectivity index (χ1) is 16.6. The molecule has 0 unspecified atom stereocenters. The summed E-state index contributed by atoms with van der Waals surface area (Å²) >= 11 is 0. The molecule has 2 amide bonds. The van der Waals surface area contributed by atoms with Crippen LogP contribution in [0.5, 0.6) is 0 Å². The summed E-state index contributed by atoms with van der Waals surface area (Å²) in [5, 5.41) is 5.57. The van der Waals surface area contributed by atoms with Gasteiger partial charge in [-0.15, -0.1) is 24.8 Å². The van der Waals surface area contributed by atoms with Gasteiger partial charge >= 0.3 is 5.97 Å². The van der Waals surface area contributed by atoms with Crippen molar-refractivity contribution in [2.45, 2.75) is 44.9 Å². The molecule has 0 aromatic heterocycles. The molecule has 200 valence electrons. The average Bonchev–Trinajstić information content (AvgIpc) is 2.84. The Bertz CT molecular complexity index is 901. The minimum atomic E-state index is -0.545. The van der Waals surface area contributed by atoms with Gasteiger partial charge in [-0.25, -0.2) is 4.79 Å². The summed E-state index contributed by atoms with van der Waals surface area (Å²) in [7, 11) is 0. The number of benzene rings is 2. The number of aryl methyl sites for hydroxylation is 2. The second-order valence-corrected chi connectivity index (χ2v) is 8.11. The summed E-state index contributed by atoms with van der Waals surface area (Å²) in [4.78, 5) is 40.3. The van der Waals surface area contributed by atoms with E-state index in [-0.39, 0.29) is 56.0 Å². The van der Waals surface area contributed by atoms with Crippen molar-refractivity contribution in [2.24, 2.45) is 5.73 Å². The van der Waals surface area contributed by atoms with E-state index in [4.69, 9.17) is 10.6 Å². The van der Waals surface area contributed by atoms with Crippen LogP contribution in [-0.4, -0.2) is 44.0 Å². The molecule has 0 radical (unpaired) electrons. The van der Waals surface area contributed by atoms with Gasteiger partial charge in [-0.3, -0.25) is 9.59 Å². The fourth-order valence-electron chi connectivity index (χ4n) is 3.41. The van der Waals surface area contributed by atoms with E-state index in [0.717, 1.165) is 31.2 Å². The lowest BCUT2D eigenvalue weighted by Crippen LogP contribution is -2.36. The first-order valence-electron chi connectivity index (χ1n) is 11.8. The average molecular weight is 542 g/mol. The van der Waals surface area contributed by atoms with Gasteiger partial charge in [0.05, 0.1) is 13.0 Å². The van der Waals surface area contributed by atoms with Gasteiger partial charge in [-0.05, 0) is 48.8 Å². The first kappa shape index (κ1) is 33.4. The van der Waals surface area contributed by atoms with Crippen molar-refractivity contribution in [3.05, 3.63) is 71.3 Å². The van der Waals surface area contributed by atoms with Crippen LogP contribution in [-0.2, 0) is 38.5 Å². The summed E-state index contributed by atoms with van der Waals surface area (Å²) in [6.45, 7) is 1.57. The van der Waals surface area contributed by atoms with Crippen molar-refractivity contribution < 1.29 is 19.2 Å². The zero-order chi connectivity index (χ0) is 24.4. The standard InChI is InChI=1S/C26H36N4O4.2ClH/c27-15-17-28-20-25(32)29-16-7-14-26(33)34-30-24(31)19-23-13-6-12-22(18-23)11-5-4-10-21-8-2-1-3-9-21;;/h1-3,6,8-9,12-13,18,28H,4-5,7,10-11,14-17,19-20,27H2,(H,29,32)(H,30,31);2*1H. The van der Waals surface area contributed by atoms with Crippen LogP contribution >= 0.6 is 24.8 Å². The maximum absolute atomic E-state index is 12.1. The number of rotatable bonds is 15. The van der Waals surface area contributed by atoms with Gasteiger partial charge in [0.25, 0.3) is 5.91 Å². The molecule has 36 heavy (non-hydrogen) atoms. The number of hydrogen-bond acceptors (Lipinski definition) is 6. The SMILES string of the molecule is Cl.Cl.NCCNCC(=O)NCCCC(=O)ONC(=O)Cc1cccc(CCCCc2ccccc2)c1. The number of hydrogen-bond donors (Lipinski definition) is 4. The molecule has 0 bridgehead atoms. The van der Waals surface area contributed by atoms with Gasteiger partial charge in [0.15, 0.2) is 0 Å². The molecular weight excluding hydrogens is 503 g/mol. The lowest BCUT2D eigenvalue weighted by Gasteiger charge is -2.08. The monoisotopic (exact) mass is 540 g/mol. The second kappa shape index (κ2) is 20.5. The van der Waals surface area contributed by atoms with Gasteiger partial charge in [-0.1, -0.05) is 54.6 Å². The predicted molar refractivity (Wildman–Crippen MR) is 146 cm³/mol. The Morgan fingerprint density at radius 3 is 2.17 bits per heavy atom. The van der Waals surface area contributed by atoms with Gasteiger partial charge in [-0.2, -0.15) is 5.48 Å². The van der Waals surface area contributed by atoms with Crippen molar-refractivity contribution in [1.82, 2.24) is 16.1 Å². The van der Waals surface area contributed by atoms with Crippen molar-refractivity contribution in [3.8, 4) is 0 Å². The number of carbonyl (C=O) groups is 3. The molecule has 2 aromatic carbocycles. The zero-order valence-corrected chi connectivity index (χ0v) is 22.1. The van der Waals surface area contributed by atoms with Crippen LogP contribution in [0.25, 0.3) is 0 Å². The molecule has 0 fully saturated rings. The van der Waals surface area contributed by atoms with E-state index in [1.807, 2.05) is 24.3 Å². The van der Waals surface area contributed by atoms with Gasteiger partial charge in [0.1, 0.15) is 0 Å². The Balaban J connectivity index is 0.00000612. The molecule has 8 nitrogen and oxygen atoms in total. The Kier molecular flexibility index (Phi) is 19.0. The molecule has 0 aliphatic rings. The molecule has 2 rings (SSSR count). The van der Waals surface area contributed by atoms with E-state index >= 15 is 0 Å². The van der Waals surface area contributed by atoms with Crippen LogP contribution in [0.1, 0.15) is 42.4 Å². The highest BCUT2D eigenvalue weighted by Crippen LogP contribution is 2.12. The number of halogens is 2. The second-order valence-electron chi connectivity index (χ2n) is 8.11. The molecule has 0 atom stereocenters. The Morgan fingerprint density at radius 2 is 1.44 bits per heavy atom. The van der Waals surface area contributed by atoms with E-state index in [1.165, 1.54) is 11.1 Å². The summed E-state index contributed by atoms with van der Waals surface area (Å²) in [5.41, 5.74) is 11.0. The minimum Gasteiger partial charge on any atom is -0.355 e. The number of hydroxylamine groups is 1. The Hall–Kier alpha value is -2.65. The number of unbranched alkanes of at least 4 members (excludes halogenated alkanes) is 1. The third-order valence-corrected chi connectivity index (χ3v) is 5.15. The molecular formula is C26H38Cl2N4O4. The number of nitrogens with two attached hydrogens (primary N) is 1. The van der Waals surface area contributed by atoms with Crippen molar-refractivity contribution in [2.75, 3.05) is 26.2 Å². The van der Waals surface area contributed by atoms with Crippen LogP contribution in [0.2, 0.25) is 0 Å². The summed E-state index contributed by atoms with van der Waals surface area (Å²) in [6.07, 6.45) is 4.85. The molecule has 2 aromatic rings. The predicted octanol–water partition coefficient (Wildman–Crippen LogP) is 2.66. The van der Waals surface area contributed by atoms with Crippen molar-refractivity contribution >= 4 is 42.6 Å². The van der Waals surface area contributed by atoms with Crippen molar-refractivity contribution in [3.63, 3.8) is 0 Å². The lowest BCUT2D eigenvalue weighted by atomic mass is 10.0. The number of amides is 2. The molecule has 0 saturated carbocycles.